The zero-order chi connectivity index (χ0) is 15.6. The molecule has 4 rings (SSSR count). The van der Waals surface area contributed by atoms with Gasteiger partial charge in [-0.25, -0.2) is 4.98 Å². The van der Waals surface area contributed by atoms with Gasteiger partial charge < -0.3 is 14.3 Å². The number of benzene rings is 1. The van der Waals surface area contributed by atoms with Crippen LogP contribution in [0, 0.1) is 5.92 Å². The average Bonchev–Trinajstić information content (AvgIpc) is 3.21. The number of fused-ring (bicyclic) bond motifs is 3. The molecule has 0 bridgehead atoms. The van der Waals surface area contributed by atoms with Crippen LogP contribution < -0.4 is 5.32 Å². The number of hydrogen-bond donors (Lipinski definition) is 1. The maximum Gasteiger partial charge on any atom is 0.223 e. The summed E-state index contributed by atoms with van der Waals surface area (Å²) in [4.78, 5) is 17.0. The van der Waals surface area contributed by atoms with Crippen molar-refractivity contribution in [3.8, 4) is 0 Å². The molecule has 1 unspecified atom stereocenters. The van der Waals surface area contributed by atoms with E-state index in [0.717, 1.165) is 36.5 Å². The van der Waals surface area contributed by atoms with E-state index in [1.165, 1.54) is 5.52 Å². The van der Waals surface area contributed by atoms with Gasteiger partial charge in [-0.3, -0.25) is 4.79 Å². The summed E-state index contributed by atoms with van der Waals surface area (Å²) in [5, 5.41) is 3.02. The van der Waals surface area contributed by atoms with Gasteiger partial charge in [0.1, 0.15) is 11.6 Å². The highest BCUT2D eigenvalue weighted by Crippen LogP contribution is 2.25. The zero-order valence-electron chi connectivity index (χ0n) is 12.9. The Balaban J connectivity index is 1.40. The zero-order valence-corrected chi connectivity index (χ0v) is 12.9. The molecule has 0 saturated heterocycles. The third-order valence-corrected chi connectivity index (χ3v) is 4.49. The summed E-state index contributed by atoms with van der Waals surface area (Å²) in [6.07, 6.45) is 3.95. The van der Waals surface area contributed by atoms with Crippen LogP contribution in [0.3, 0.4) is 0 Å². The normalized spacial score (nSPS) is 17.1. The number of amides is 1. The summed E-state index contributed by atoms with van der Waals surface area (Å²) >= 11 is 0. The Morgan fingerprint density at radius 2 is 2.22 bits per heavy atom. The molecule has 3 heterocycles. The highest BCUT2D eigenvalue weighted by atomic mass is 16.3. The SMILES string of the molecule is O=C(NCCc1ccco1)C1CCn2c(nc3ccccc32)C1. The van der Waals surface area contributed by atoms with Gasteiger partial charge in [0, 0.05) is 31.8 Å². The van der Waals surface area contributed by atoms with E-state index < -0.39 is 0 Å². The Morgan fingerprint density at radius 3 is 3.09 bits per heavy atom. The first kappa shape index (κ1) is 14.1. The molecule has 1 aliphatic heterocycles. The van der Waals surface area contributed by atoms with Crippen LogP contribution in [-0.4, -0.2) is 22.0 Å². The Kier molecular flexibility index (Phi) is 3.61. The van der Waals surface area contributed by atoms with E-state index >= 15 is 0 Å². The van der Waals surface area contributed by atoms with Crippen LogP contribution in [0.25, 0.3) is 11.0 Å². The van der Waals surface area contributed by atoms with Crippen LogP contribution >= 0.6 is 0 Å². The summed E-state index contributed by atoms with van der Waals surface area (Å²) in [7, 11) is 0. The molecule has 1 atom stereocenters. The fourth-order valence-electron chi connectivity index (χ4n) is 3.27. The number of furan rings is 1. The number of nitrogens with zero attached hydrogens (tertiary/aromatic N) is 2. The maximum absolute atomic E-state index is 12.4. The van der Waals surface area contributed by atoms with Crippen molar-refractivity contribution in [3.63, 3.8) is 0 Å². The van der Waals surface area contributed by atoms with Crippen LogP contribution in [0.1, 0.15) is 18.0 Å². The molecular weight excluding hydrogens is 290 g/mol. The maximum atomic E-state index is 12.4. The number of imidazole rings is 1. The van der Waals surface area contributed by atoms with Crippen molar-refractivity contribution in [2.75, 3.05) is 6.54 Å². The molecule has 1 N–H and O–H groups in total. The quantitative estimate of drug-likeness (QED) is 0.805. The number of rotatable bonds is 4. The predicted octanol–water partition coefficient (Wildman–Crippen LogP) is 2.55. The summed E-state index contributed by atoms with van der Waals surface area (Å²) in [6, 6.07) is 11.9. The summed E-state index contributed by atoms with van der Waals surface area (Å²) in [5.74, 6) is 2.05. The second-order valence-corrected chi connectivity index (χ2v) is 5.98. The third kappa shape index (κ3) is 2.74. The van der Waals surface area contributed by atoms with E-state index in [-0.39, 0.29) is 11.8 Å². The monoisotopic (exact) mass is 309 g/mol. The Morgan fingerprint density at radius 1 is 1.30 bits per heavy atom. The van der Waals surface area contributed by atoms with Gasteiger partial charge in [-0.05, 0) is 30.7 Å². The van der Waals surface area contributed by atoms with E-state index in [1.807, 2.05) is 30.3 Å². The molecule has 5 nitrogen and oxygen atoms in total. The molecule has 1 amide bonds. The van der Waals surface area contributed by atoms with E-state index in [0.29, 0.717) is 13.0 Å². The Hall–Kier alpha value is -2.56. The second kappa shape index (κ2) is 5.91. The van der Waals surface area contributed by atoms with Gasteiger partial charge in [-0.15, -0.1) is 0 Å². The molecular formula is C18H19N3O2. The van der Waals surface area contributed by atoms with Gasteiger partial charge in [0.25, 0.3) is 0 Å². The minimum absolute atomic E-state index is 0.0101. The smallest absolute Gasteiger partial charge is 0.223 e. The molecule has 2 aromatic heterocycles. The first-order valence-corrected chi connectivity index (χ1v) is 8.05. The summed E-state index contributed by atoms with van der Waals surface area (Å²) < 4.78 is 7.51. The number of carbonyl (C=O) groups is 1. The van der Waals surface area contributed by atoms with Crippen LogP contribution in [0.15, 0.2) is 47.1 Å². The van der Waals surface area contributed by atoms with E-state index in [2.05, 4.69) is 20.9 Å². The molecule has 5 heteroatoms. The molecule has 23 heavy (non-hydrogen) atoms. The molecule has 3 aromatic rings. The fraction of sp³-hybridized carbons (Fsp3) is 0.333. The number of aromatic nitrogens is 2. The van der Waals surface area contributed by atoms with Gasteiger partial charge in [0.05, 0.1) is 17.3 Å². The Labute approximate surface area is 134 Å². The number of nitrogens with one attached hydrogen (secondary N) is 1. The van der Waals surface area contributed by atoms with Crippen molar-refractivity contribution in [1.82, 2.24) is 14.9 Å². The summed E-state index contributed by atoms with van der Waals surface area (Å²) in [5.41, 5.74) is 2.18. The highest BCUT2D eigenvalue weighted by molar-refractivity contribution is 5.80. The molecule has 0 radical (unpaired) electrons. The first-order valence-electron chi connectivity index (χ1n) is 8.05. The molecule has 118 valence electrons. The van der Waals surface area contributed by atoms with Gasteiger partial charge >= 0.3 is 0 Å². The van der Waals surface area contributed by atoms with Crippen LogP contribution in [0.2, 0.25) is 0 Å². The minimum atomic E-state index is 0.0101. The molecule has 1 aromatic carbocycles. The molecule has 0 fully saturated rings. The number of para-hydroxylation sites is 2. The predicted molar refractivity (Wildman–Crippen MR) is 87.0 cm³/mol. The van der Waals surface area contributed by atoms with Crippen molar-refractivity contribution in [2.45, 2.75) is 25.8 Å². The molecule has 0 saturated carbocycles. The highest BCUT2D eigenvalue weighted by Gasteiger charge is 2.26. The van der Waals surface area contributed by atoms with Gasteiger partial charge in [-0.2, -0.15) is 0 Å². The lowest BCUT2D eigenvalue weighted by molar-refractivity contribution is -0.125. The molecule has 0 aliphatic carbocycles. The average molecular weight is 309 g/mol. The van der Waals surface area contributed by atoms with Gasteiger partial charge in [0.2, 0.25) is 5.91 Å². The number of carbonyl (C=O) groups excluding carboxylic acids is 1. The largest absolute Gasteiger partial charge is 0.469 e. The lowest BCUT2D eigenvalue weighted by atomic mass is 9.97. The van der Waals surface area contributed by atoms with Crippen molar-refractivity contribution >= 4 is 16.9 Å². The molecule has 0 spiro atoms. The van der Waals surface area contributed by atoms with Crippen LogP contribution in [-0.2, 0) is 24.2 Å². The molecule has 1 aliphatic rings. The Bertz CT molecular complexity index is 820. The van der Waals surface area contributed by atoms with Gasteiger partial charge in [-0.1, -0.05) is 12.1 Å². The van der Waals surface area contributed by atoms with Crippen molar-refractivity contribution < 1.29 is 9.21 Å². The first-order chi connectivity index (χ1) is 11.3. The fourth-order valence-corrected chi connectivity index (χ4v) is 3.27. The van der Waals surface area contributed by atoms with E-state index in [1.54, 1.807) is 6.26 Å². The van der Waals surface area contributed by atoms with Gasteiger partial charge in [0.15, 0.2) is 0 Å². The number of aryl methyl sites for hydroxylation is 1. The van der Waals surface area contributed by atoms with Crippen molar-refractivity contribution in [2.24, 2.45) is 5.92 Å². The lowest BCUT2D eigenvalue weighted by Gasteiger charge is -2.23. The minimum Gasteiger partial charge on any atom is -0.469 e. The number of hydrogen-bond acceptors (Lipinski definition) is 3. The van der Waals surface area contributed by atoms with E-state index in [4.69, 9.17) is 4.42 Å². The van der Waals surface area contributed by atoms with Crippen LogP contribution in [0.5, 0.6) is 0 Å². The third-order valence-electron chi connectivity index (χ3n) is 4.49. The second-order valence-electron chi connectivity index (χ2n) is 5.98. The van der Waals surface area contributed by atoms with Crippen molar-refractivity contribution in [3.05, 3.63) is 54.2 Å². The standard InChI is InChI=1S/C18H19N3O2/c22-18(19-9-7-14-4-3-11-23-14)13-8-10-21-16-6-2-1-5-15(16)20-17(21)12-13/h1-6,11,13H,7-10,12H2,(H,19,22). The summed E-state index contributed by atoms with van der Waals surface area (Å²) in [6.45, 7) is 1.46. The van der Waals surface area contributed by atoms with E-state index in [9.17, 15) is 4.79 Å². The lowest BCUT2D eigenvalue weighted by Crippen LogP contribution is -2.36. The topological polar surface area (TPSA) is 60.1 Å². The van der Waals surface area contributed by atoms with Crippen molar-refractivity contribution in [1.29, 1.82) is 0 Å². The van der Waals surface area contributed by atoms with Crippen LogP contribution in [0.4, 0.5) is 0 Å².